The zero-order chi connectivity index (χ0) is 10.7. The van der Waals surface area contributed by atoms with Crippen molar-refractivity contribution in [3.8, 4) is 0 Å². The zero-order valence-electron chi connectivity index (χ0n) is 9.54. The lowest BCUT2D eigenvalue weighted by molar-refractivity contribution is 0.143. The van der Waals surface area contributed by atoms with E-state index in [2.05, 4.69) is 16.8 Å². The van der Waals surface area contributed by atoms with Crippen LogP contribution in [-0.2, 0) is 0 Å². The number of nitrogens with zero attached hydrogens (tertiary/aromatic N) is 1. The summed E-state index contributed by atoms with van der Waals surface area (Å²) in [7, 11) is 0. The number of nitrogens with one attached hydrogen (secondary N) is 1. The van der Waals surface area contributed by atoms with Gasteiger partial charge in [-0.15, -0.1) is 6.58 Å². The van der Waals surface area contributed by atoms with Gasteiger partial charge in [-0.25, -0.2) is 0 Å². The minimum Gasteiger partial charge on any atom is -0.329 e. The first-order chi connectivity index (χ1) is 7.32. The van der Waals surface area contributed by atoms with E-state index in [9.17, 15) is 0 Å². The van der Waals surface area contributed by atoms with E-state index < -0.39 is 0 Å². The summed E-state index contributed by atoms with van der Waals surface area (Å²) in [6.07, 6.45) is 7.16. The molecule has 3 N–H and O–H groups in total. The van der Waals surface area contributed by atoms with Crippen LogP contribution in [0, 0.1) is 0 Å². The van der Waals surface area contributed by atoms with E-state index in [4.69, 9.17) is 5.73 Å². The Labute approximate surface area is 92.7 Å². The third-order valence-electron chi connectivity index (χ3n) is 4.06. The van der Waals surface area contributed by atoms with Crippen LogP contribution < -0.4 is 11.1 Å². The number of hydrogen-bond donors (Lipinski definition) is 2. The smallest absolute Gasteiger partial charge is 0.0475 e. The van der Waals surface area contributed by atoms with E-state index in [1.54, 1.807) is 0 Å². The van der Waals surface area contributed by atoms with Crippen molar-refractivity contribution in [2.75, 3.05) is 26.2 Å². The van der Waals surface area contributed by atoms with Gasteiger partial charge in [0.05, 0.1) is 0 Å². The second-order valence-electron chi connectivity index (χ2n) is 4.83. The molecule has 0 aromatic rings. The molecule has 15 heavy (non-hydrogen) atoms. The van der Waals surface area contributed by atoms with E-state index >= 15 is 0 Å². The Balaban J connectivity index is 2.07. The maximum Gasteiger partial charge on any atom is 0.0475 e. The first-order valence-corrected chi connectivity index (χ1v) is 6.12. The first-order valence-electron chi connectivity index (χ1n) is 6.12. The van der Waals surface area contributed by atoms with Crippen molar-refractivity contribution in [3.05, 3.63) is 12.7 Å². The summed E-state index contributed by atoms with van der Waals surface area (Å²) in [6.45, 7) is 7.88. The van der Waals surface area contributed by atoms with Gasteiger partial charge < -0.3 is 11.1 Å². The van der Waals surface area contributed by atoms with Gasteiger partial charge in [0, 0.05) is 31.2 Å². The Hall–Kier alpha value is -0.380. The number of piperidine rings is 1. The summed E-state index contributed by atoms with van der Waals surface area (Å²) in [6, 6.07) is 0.663. The summed E-state index contributed by atoms with van der Waals surface area (Å²) >= 11 is 0. The fourth-order valence-corrected chi connectivity index (χ4v) is 3.19. The van der Waals surface area contributed by atoms with Crippen LogP contribution in [0.2, 0.25) is 0 Å². The standard InChI is InChI=1S/C12H23N3/c1-2-7-14-12(10-13)6-9-15-8-4-3-5-11(12)15/h2,11,14H,1,3-10,13H2. The molecule has 2 heterocycles. The van der Waals surface area contributed by atoms with Crippen molar-refractivity contribution in [3.63, 3.8) is 0 Å². The topological polar surface area (TPSA) is 41.3 Å². The lowest BCUT2D eigenvalue weighted by Gasteiger charge is -2.40. The van der Waals surface area contributed by atoms with E-state index in [0.29, 0.717) is 6.04 Å². The van der Waals surface area contributed by atoms with Crippen molar-refractivity contribution in [2.45, 2.75) is 37.3 Å². The number of nitrogens with two attached hydrogens (primary N) is 1. The molecule has 2 aliphatic heterocycles. The number of fused-ring (bicyclic) bond motifs is 1. The SMILES string of the molecule is C=CCNC1(CN)CCN2CCCCC21. The van der Waals surface area contributed by atoms with Gasteiger partial charge >= 0.3 is 0 Å². The normalized spacial score (nSPS) is 36.5. The van der Waals surface area contributed by atoms with Crippen LogP contribution in [0.15, 0.2) is 12.7 Å². The second-order valence-corrected chi connectivity index (χ2v) is 4.83. The molecule has 2 atom stereocenters. The molecule has 2 rings (SSSR count). The van der Waals surface area contributed by atoms with Gasteiger partial charge in [-0.2, -0.15) is 0 Å². The molecule has 0 bridgehead atoms. The molecule has 2 saturated heterocycles. The summed E-state index contributed by atoms with van der Waals surface area (Å²) in [5, 5.41) is 3.61. The van der Waals surface area contributed by atoms with Crippen LogP contribution in [-0.4, -0.2) is 42.7 Å². The van der Waals surface area contributed by atoms with Gasteiger partial charge in [0.15, 0.2) is 0 Å². The Kier molecular flexibility index (Phi) is 3.44. The Bertz CT molecular complexity index is 229. The maximum atomic E-state index is 5.99. The molecule has 3 nitrogen and oxygen atoms in total. The quantitative estimate of drug-likeness (QED) is 0.670. The summed E-state index contributed by atoms with van der Waals surface area (Å²) in [5.41, 5.74) is 6.15. The molecule has 0 aromatic heterocycles. The van der Waals surface area contributed by atoms with Gasteiger partial charge in [-0.3, -0.25) is 4.90 Å². The lowest BCUT2D eigenvalue weighted by Crippen LogP contribution is -2.60. The summed E-state index contributed by atoms with van der Waals surface area (Å²) < 4.78 is 0. The van der Waals surface area contributed by atoms with E-state index in [-0.39, 0.29) is 5.54 Å². The summed E-state index contributed by atoms with van der Waals surface area (Å²) in [5.74, 6) is 0. The predicted octanol–water partition coefficient (Wildman–Crippen LogP) is 0.718. The highest BCUT2D eigenvalue weighted by Crippen LogP contribution is 2.34. The van der Waals surface area contributed by atoms with Crippen LogP contribution in [0.1, 0.15) is 25.7 Å². The van der Waals surface area contributed by atoms with Crippen molar-refractivity contribution in [1.82, 2.24) is 10.2 Å². The van der Waals surface area contributed by atoms with Crippen molar-refractivity contribution in [2.24, 2.45) is 5.73 Å². The molecule has 2 fully saturated rings. The van der Waals surface area contributed by atoms with Crippen LogP contribution >= 0.6 is 0 Å². The molecule has 0 radical (unpaired) electrons. The monoisotopic (exact) mass is 209 g/mol. The number of hydrogen-bond acceptors (Lipinski definition) is 3. The highest BCUT2D eigenvalue weighted by molar-refractivity contribution is 5.08. The van der Waals surface area contributed by atoms with Gasteiger partial charge in [0.2, 0.25) is 0 Å². The molecule has 2 unspecified atom stereocenters. The van der Waals surface area contributed by atoms with Crippen molar-refractivity contribution < 1.29 is 0 Å². The van der Waals surface area contributed by atoms with Gasteiger partial charge in [-0.1, -0.05) is 12.5 Å². The third kappa shape index (κ3) is 1.96. The second kappa shape index (κ2) is 4.64. The predicted molar refractivity (Wildman–Crippen MR) is 63.8 cm³/mol. The van der Waals surface area contributed by atoms with Crippen LogP contribution in [0.25, 0.3) is 0 Å². The average Bonchev–Trinajstić information content (AvgIpc) is 2.66. The van der Waals surface area contributed by atoms with E-state index in [0.717, 1.165) is 13.1 Å². The van der Waals surface area contributed by atoms with Gasteiger partial charge in [0.1, 0.15) is 0 Å². The van der Waals surface area contributed by atoms with Crippen LogP contribution in [0.5, 0.6) is 0 Å². The summed E-state index contributed by atoms with van der Waals surface area (Å²) in [4.78, 5) is 2.62. The molecular formula is C12H23N3. The van der Waals surface area contributed by atoms with E-state index in [1.165, 1.54) is 38.8 Å². The largest absolute Gasteiger partial charge is 0.329 e. The number of rotatable bonds is 4. The molecular weight excluding hydrogens is 186 g/mol. The molecule has 0 aliphatic carbocycles. The van der Waals surface area contributed by atoms with E-state index in [1.807, 2.05) is 6.08 Å². The third-order valence-corrected chi connectivity index (χ3v) is 4.06. The molecule has 3 heteroatoms. The maximum absolute atomic E-state index is 5.99. The lowest BCUT2D eigenvalue weighted by atomic mass is 9.85. The zero-order valence-corrected chi connectivity index (χ0v) is 9.54. The highest BCUT2D eigenvalue weighted by atomic mass is 15.3. The van der Waals surface area contributed by atoms with Crippen LogP contribution in [0.3, 0.4) is 0 Å². The van der Waals surface area contributed by atoms with Gasteiger partial charge in [0.25, 0.3) is 0 Å². The Morgan fingerprint density at radius 3 is 3.07 bits per heavy atom. The minimum absolute atomic E-state index is 0.161. The average molecular weight is 209 g/mol. The fraction of sp³-hybridized carbons (Fsp3) is 0.833. The van der Waals surface area contributed by atoms with Gasteiger partial charge in [-0.05, 0) is 25.8 Å². The first kappa shape index (κ1) is 11.1. The molecule has 0 aromatic carbocycles. The fourth-order valence-electron chi connectivity index (χ4n) is 3.19. The minimum atomic E-state index is 0.161. The van der Waals surface area contributed by atoms with Crippen molar-refractivity contribution in [1.29, 1.82) is 0 Å². The Morgan fingerprint density at radius 2 is 2.33 bits per heavy atom. The Morgan fingerprint density at radius 1 is 1.47 bits per heavy atom. The highest BCUT2D eigenvalue weighted by Gasteiger charge is 2.46. The molecule has 2 aliphatic rings. The molecule has 86 valence electrons. The molecule has 0 amide bonds. The molecule has 0 spiro atoms. The van der Waals surface area contributed by atoms with Crippen molar-refractivity contribution >= 4 is 0 Å². The molecule has 0 saturated carbocycles. The van der Waals surface area contributed by atoms with Crippen LogP contribution in [0.4, 0.5) is 0 Å².